The quantitative estimate of drug-likeness (QED) is 0.541. The van der Waals surface area contributed by atoms with Crippen LogP contribution in [0.15, 0.2) is 83.4 Å². The molecule has 1 aliphatic rings. The molecule has 1 nitrogen and oxygen atoms in total. The molecule has 0 aliphatic heterocycles. The van der Waals surface area contributed by atoms with Crippen LogP contribution < -0.4 is 5.32 Å². The number of rotatable bonds is 4. The van der Waals surface area contributed by atoms with Crippen molar-refractivity contribution in [2.24, 2.45) is 0 Å². The Morgan fingerprint density at radius 2 is 1.50 bits per heavy atom. The van der Waals surface area contributed by atoms with Gasteiger partial charge in [-0.2, -0.15) is 0 Å². The van der Waals surface area contributed by atoms with Crippen molar-refractivity contribution in [3.05, 3.63) is 94.6 Å². The first-order valence-corrected chi connectivity index (χ1v) is 9.31. The second-order valence-electron chi connectivity index (χ2n) is 7.22. The van der Waals surface area contributed by atoms with Gasteiger partial charge >= 0.3 is 0 Å². The molecule has 26 heavy (non-hydrogen) atoms. The molecule has 0 saturated heterocycles. The van der Waals surface area contributed by atoms with Crippen LogP contribution in [0.1, 0.15) is 38.3 Å². The van der Waals surface area contributed by atoms with Crippen molar-refractivity contribution in [2.75, 3.05) is 5.32 Å². The van der Waals surface area contributed by atoms with E-state index in [0.717, 1.165) is 18.7 Å². The van der Waals surface area contributed by atoms with Crippen LogP contribution in [0.5, 0.6) is 0 Å². The van der Waals surface area contributed by atoms with E-state index in [-0.39, 0.29) is 0 Å². The summed E-state index contributed by atoms with van der Waals surface area (Å²) in [4.78, 5) is 0. The molecule has 0 aromatic heterocycles. The molecule has 4 rings (SSSR count). The maximum Gasteiger partial charge on any atom is 0.0413 e. The Morgan fingerprint density at radius 1 is 0.769 bits per heavy atom. The van der Waals surface area contributed by atoms with Crippen LogP contribution in [0.25, 0.3) is 16.3 Å². The molecular formula is C25H25N. The predicted octanol–water partition coefficient (Wildman–Crippen LogP) is 6.97. The Labute approximate surface area is 156 Å². The minimum Gasteiger partial charge on any atom is -0.381 e. The second-order valence-corrected chi connectivity index (χ2v) is 7.22. The van der Waals surface area contributed by atoms with Gasteiger partial charge < -0.3 is 5.32 Å². The van der Waals surface area contributed by atoms with Gasteiger partial charge in [-0.1, -0.05) is 60.2 Å². The molecule has 0 amide bonds. The smallest absolute Gasteiger partial charge is 0.0413 e. The van der Waals surface area contributed by atoms with Crippen molar-refractivity contribution >= 4 is 22.0 Å². The lowest BCUT2D eigenvalue weighted by molar-refractivity contribution is 1.14. The second kappa shape index (κ2) is 6.84. The van der Waals surface area contributed by atoms with E-state index in [1.807, 2.05) is 0 Å². The third kappa shape index (κ3) is 2.94. The van der Waals surface area contributed by atoms with Crippen LogP contribution in [-0.4, -0.2) is 0 Å². The molecule has 0 radical (unpaired) electrons. The third-order valence-electron chi connectivity index (χ3n) is 5.71. The standard InChI is InChI=1S/C25H25N/c1-17-15-24(19(3)18(17)2)23-14-13-20-9-7-8-12-22(20)25(23)16-26-21-10-5-4-6-11-21/h4-14,26H,15-16H2,1-3H3. The highest BCUT2D eigenvalue weighted by Gasteiger charge is 2.20. The highest BCUT2D eigenvalue weighted by molar-refractivity contribution is 5.92. The predicted molar refractivity (Wildman–Crippen MR) is 113 cm³/mol. The largest absolute Gasteiger partial charge is 0.381 e. The number of anilines is 1. The number of benzene rings is 3. The Balaban J connectivity index is 1.81. The van der Waals surface area contributed by atoms with Crippen molar-refractivity contribution in [3.8, 4) is 0 Å². The highest BCUT2D eigenvalue weighted by atomic mass is 14.9. The molecule has 0 unspecified atom stereocenters. The average Bonchev–Trinajstić information content (AvgIpc) is 2.94. The van der Waals surface area contributed by atoms with E-state index in [1.165, 1.54) is 44.2 Å². The van der Waals surface area contributed by atoms with Gasteiger partial charge in [-0.3, -0.25) is 0 Å². The van der Waals surface area contributed by atoms with Crippen LogP contribution in [0.2, 0.25) is 0 Å². The van der Waals surface area contributed by atoms with Gasteiger partial charge in [0.25, 0.3) is 0 Å². The molecule has 1 heteroatoms. The fourth-order valence-corrected chi connectivity index (χ4v) is 3.93. The number of hydrogen-bond donors (Lipinski definition) is 1. The van der Waals surface area contributed by atoms with Crippen LogP contribution in [0.3, 0.4) is 0 Å². The fourth-order valence-electron chi connectivity index (χ4n) is 3.93. The summed E-state index contributed by atoms with van der Waals surface area (Å²) < 4.78 is 0. The van der Waals surface area contributed by atoms with Crippen molar-refractivity contribution < 1.29 is 0 Å². The molecule has 0 fully saturated rings. The van der Waals surface area contributed by atoms with Gasteiger partial charge in [-0.05, 0) is 77.9 Å². The van der Waals surface area contributed by atoms with Gasteiger partial charge in [-0.25, -0.2) is 0 Å². The SMILES string of the molecule is CC1=C(C)C(C)=C(c2ccc3ccccc3c2CNc2ccccc2)C1. The topological polar surface area (TPSA) is 12.0 Å². The highest BCUT2D eigenvalue weighted by Crippen LogP contribution is 2.40. The van der Waals surface area contributed by atoms with Gasteiger partial charge in [0, 0.05) is 12.2 Å². The summed E-state index contributed by atoms with van der Waals surface area (Å²) in [6, 6.07) is 23.7. The summed E-state index contributed by atoms with van der Waals surface area (Å²) in [6.07, 6.45) is 1.06. The van der Waals surface area contributed by atoms with E-state index >= 15 is 0 Å². The van der Waals surface area contributed by atoms with Crippen molar-refractivity contribution in [2.45, 2.75) is 33.7 Å². The third-order valence-corrected chi connectivity index (χ3v) is 5.71. The molecule has 0 heterocycles. The molecular weight excluding hydrogens is 314 g/mol. The molecule has 0 atom stereocenters. The lowest BCUT2D eigenvalue weighted by atomic mass is 9.91. The van der Waals surface area contributed by atoms with E-state index in [1.54, 1.807) is 0 Å². The first-order valence-electron chi connectivity index (χ1n) is 9.31. The zero-order chi connectivity index (χ0) is 18.1. The van der Waals surface area contributed by atoms with Gasteiger partial charge in [0.2, 0.25) is 0 Å². The first-order chi connectivity index (χ1) is 12.6. The minimum atomic E-state index is 0.829. The summed E-state index contributed by atoms with van der Waals surface area (Å²) >= 11 is 0. The van der Waals surface area contributed by atoms with Crippen molar-refractivity contribution in [1.82, 2.24) is 0 Å². The summed E-state index contributed by atoms with van der Waals surface area (Å²) in [6.45, 7) is 7.61. The number of allylic oxidation sites excluding steroid dienone is 4. The van der Waals surface area contributed by atoms with E-state index in [2.05, 4.69) is 92.8 Å². The van der Waals surface area contributed by atoms with Crippen LogP contribution >= 0.6 is 0 Å². The first kappa shape index (κ1) is 16.7. The van der Waals surface area contributed by atoms with Crippen molar-refractivity contribution in [1.29, 1.82) is 0 Å². The van der Waals surface area contributed by atoms with Gasteiger partial charge in [0.05, 0.1) is 0 Å². The Bertz CT molecular complexity index is 1020. The number of hydrogen-bond acceptors (Lipinski definition) is 1. The van der Waals surface area contributed by atoms with Gasteiger partial charge in [-0.15, -0.1) is 0 Å². The monoisotopic (exact) mass is 339 g/mol. The summed E-state index contributed by atoms with van der Waals surface area (Å²) in [5.41, 5.74) is 9.82. The van der Waals surface area contributed by atoms with Gasteiger partial charge in [0.15, 0.2) is 0 Å². The van der Waals surface area contributed by atoms with Crippen LogP contribution in [0, 0.1) is 0 Å². The molecule has 3 aromatic rings. The Morgan fingerprint density at radius 3 is 2.23 bits per heavy atom. The molecule has 0 saturated carbocycles. The number of fused-ring (bicyclic) bond motifs is 1. The molecule has 0 bridgehead atoms. The van der Waals surface area contributed by atoms with E-state index in [9.17, 15) is 0 Å². The lowest BCUT2D eigenvalue weighted by Crippen LogP contribution is -2.04. The zero-order valence-electron chi connectivity index (χ0n) is 15.8. The molecule has 3 aromatic carbocycles. The van der Waals surface area contributed by atoms with E-state index < -0.39 is 0 Å². The maximum absolute atomic E-state index is 3.62. The lowest BCUT2D eigenvalue weighted by Gasteiger charge is -2.17. The normalized spacial score (nSPS) is 14.4. The summed E-state index contributed by atoms with van der Waals surface area (Å²) in [5.74, 6) is 0. The number of nitrogens with one attached hydrogen (secondary N) is 1. The Kier molecular flexibility index (Phi) is 4.38. The Hall–Kier alpha value is -2.80. The molecule has 130 valence electrons. The number of para-hydroxylation sites is 1. The maximum atomic E-state index is 3.62. The van der Waals surface area contributed by atoms with Crippen LogP contribution in [-0.2, 0) is 6.54 Å². The molecule has 1 aliphatic carbocycles. The molecule has 0 spiro atoms. The summed E-state index contributed by atoms with van der Waals surface area (Å²) in [7, 11) is 0. The average molecular weight is 339 g/mol. The van der Waals surface area contributed by atoms with E-state index in [0.29, 0.717) is 0 Å². The van der Waals surface area contributed by atoms with Crippen molar-refractivity contribution in [3.63, 3.8) is 0 Å². The fraction of sp³-hybridized carbons (Fsp3) is 0.200. The van der Waals surface area contributed by atoms with E-state index in [4.69, 9.17) is 0 Å². The van der Waals surface area contributed by atoms with Gasteiger partial charge in [0.1, 0.15) is 0 Å². The molecule has 1 N–H and O–H groups in total. The van der Waals surface area contributed by atoms with Crippen LogP contribution in [0.4, 0.5) is 5.69 Å². The summed E-state index contributed by atoms with van der Waals surface area (Å²) in [5, 5.41) is 6.27. The zero-order valence-corrected chi connectivity index (χ0v) is 15.8. The minimum absolute atomic E-state index is 0.829.